The lowest BCUT2D eigenvalue weighted by Crippen LogP contribution is -2.26. The molecule has 0 heterocycles. The van der Waals surface area contributed by atoms with E-state index in [9.17, 15) is 0 Å². The summed E-state index contributed by atoms with van der Waals surface area (Å²) in [6, 6.07) is 8.68. The fourth-order valence-corrected chi connectivity index (χ4v) is 1.84. The molecule has 0 aliphatic heterocycles. The standard InChI is InChI=1S/C14H24N2/c1-14(2,3)13-8-6-5-7-12(13)11-16-10-9-15-4/h5-8,15-16H,9-11H2,1-4H3. The van der Waals surface area contributed by atoms with Crippen molar-refractivity contribution in [1.82, 2.24) is 10.6 Å². The predicted octanol–water partition coefficient (Wildman–Crippen LogP) is 2.29. The van der Waals surface area contributed by atoms with Crippen LogP contribution in [0.1, 0.15) is 31.9 Å². The quantitative estimate of drug-likeness (QED) is 0.744. The highest BCUT2D eigenvalue weighted by Gasteiger charge is 2.16. The van der Waals surface area contributed by atoms with Crippen LogP contribution in [0.3, 0.4) is 0 Å². The molecule has 0 spiro atoms. The van der Waals surface area contributed by atoms with Crippen molar-refractivity contribution < 1.29 is 0 Å². The van der Waals surface area contributed by atoms with E-state index in [0.29, 0.717) is 0 Å². The van der Waals surface area contributed by atoms with Crippen molar-refractivity contribution >= 4 is 0 Å². The average Bonchev–Trinajstić information content (AvgIpc) is 2.24. The largest absolute Gasteiger partial charge is 0.318 e. The first kappa shape index (κ1) is 13.2. The maximum atomic E-state index is 3.45. The molecule has 0 atom stereocenters. The molecule has 0 saturated heterocycles. The highest BCUT2D eigenvalue weighted by molar-refractivity contribution is 5.32. The minimum atomic E-state index is 0.223. The van der Waals surface area contributed by atoms with E-state index < -0.39 is 0 Å². The summed E-state index contributed by atoms with van der Waals surface area (Å²) >= 11 is 0. The van der Waals surface area contributed by atoms with Crippen molar-refractivity contribution in [3.05, 3.63) is 35.4 Å². The molecular formula is C14H24N2. The number of nitrogens with one attached hydrogen (secondary N) is 2. The van der Waals surface area contributed by atoms with Crippen LogP contribution < -0.4 is 10.6 Å². The minimum absolute atomic E-state index is 0.223. The summed E-state index contributed by atoms with van der Waals surface area (Å²) in [6.07, 6.45) is 0. The summed E-state index contributed by atoms with van der Waals surface area (Å²) in [5, 5.41) is 6.59. The highest BCUT2D eigenvalue weighted by atomic mass is 14.9. The average molecular weight is 220 g/mol. The number of likely N-dealkylation sites (N-methyl/N-ethyl adjacent to an activating group) is 1. The lowest BCUT2D eigenvalue weighted by Gasteiger charge is -2.23. The molecule has 90 valence electrons. The van der Waals surface area contributed by atoms with Crippen LogP contribution in [0.5, 0.6) is 0 Å². The van der Waals surface area contributed by atoms with Crippen molar-refractivity contribution in [2.75, 3.05) is 20.1 Å². The fraction of sp³-hybridized carbons (Fsp3) is 0.571. The van der Waals surface area contributed by atoms with Crippen molar-refractivity contribution in [3.8, 4) is 0 Å². The third-order valence-corrected chi connectivity index (χ3v) is 2.69. The Morgan fingerprint density at radius 3 is 2.38 bits per heavy atom. The van der Waals surface area contributed by atoms with Crippen molar-refractivity contribution in [2.45, 2.75) is 32.7 Å². The van der Waals surface area contributed by atoms with Crippen LogP contribution in [-0.2, 0) is 12.0 Å². The van der Waals surface area contributed by atoms with Gasteiger partial charge in [-0.05, 0) is 23.6 Å². The van der Waals surface area contributed by atoms with Gasteiger partial charge in [-0.2, -0.15) is 0 Å². The third kappa shape index (κ3) is 3.95. The third-order valence-electron chi connectivity index (χ3n) is 2.69. The first-order chi connectivity index (χ1) is 7.55. The summed E-state index contributed by atoms with van der Waals surface area (Å²) in [5.74, 6) is 0. The van der Waals surface area contributed by atoms with Gasteiger partial charge in [0.1, 0.15) is 0 Å². The zero-order chi connectivity index (χ0) is 12.0. The molecule has 0 radical (unpaired) electrons. The van der Waals surface area contributed by atoms with Gasteiger partial charge in [0.15, 0.2) is 0 Å². The van der Waals surface area contributed by atoms with Crippen LogP contribution in [0, 0.1) is 0 Å². The minimum Gasteiger partial charge on any atom is -0.318 e. The second-order valence-corrected chi connectivity index (χ2v) is 5.19. The van der Waals surface area contributed by atoms with Gasteiger partial charge in [0.05, 0.1) is 0 Å². The number of benzene rings is 1. The van der Waals surface area contributed by atoms with E-state index in [-0.39, 0.29) is 5.41 Å². The van der Waals surface area contributed by atoms with Gasteiger partial charge in [-0.15, -0.1) is 0 Å². The van der Waals surface area contributed by atoms with Gasteiger partial charge >= 0.3 is 0 Å². The van der Waals surface area contributed by atoms with Crippen LogP contribution in [0.4, 0.5) is 0 Å². The molecule has 2 heteroatoms. The van der Waals surface area contributed by atoms with Crippen LogP contribution >= 0.6 is 0 Å². The fourth-order valence-electron chi connectivity index (χ4n) is 1.84. The molecule has 0 fully saturated rings. The van der Waals surface area contributed by atoms with Gasteiger partial charge in [0.25, 0.3) is 0 Å². The predicted molar refractivity (Wildman–Crippen MR) is 70.8 cm³/mol. The molecule has 1 aromatic rings. The maximum Gasteiger partial charge on any atom is 0.0208 e. The van der Waals surface area contributed by atoms with E-state index >= 15 is 0 Å². The Morgan fingerprint density at radius 1 is 1.06 bits per heavy atom. The van der Waals surface area contributed by atoms with Crippen LogP contribution in [0.2, 0.25) is 0 Å². The topological polar surface area (TPSA) is 24.1 Å². The number of rotatable bonds is 5. The Hall–Kier alpha value is -0.860. The van der Waals surface area contributed by atoms with E-state index in [0.717, 1.165) is 19.6 Å². The second kappa shape index (κ2) is 6.02. The van der Waals surface area contributed by atoms with E-state index in [1.807, 2.05) is 7.05 Å². The van der Waals surface area contributed by atoms with Gasteiger partial charge < -0.3 is 10.6 Å². The van der Waals surface area contributed by atoms with E-state index in [2.05, 4.69) is 55.7 Å². The van der Waals surface area contributed by atoms with E-state index in [1.54, 1.807) is 0 Å². The Balaban J connectivity index is 2.65. The Morgan fingerprint density at radius 2 is 1.75 bits per heavy atom. The molecule has 0 aromatic heterocycles. The first-order valence-corrected chi connectivity index (χ1v) is 5.99. The summed E-state index contributed by atoms with van der Waals surface area (Å²) in [4.78, 5) is 0. The molecule has 0 aliphatic carbocycles. The number of hydrogen-bond acceptors (Lipinski definition) is 2. The van der Waals surface area contributed by atoms with E-state index in [1.165, 1.54) is 11.1 Å². The Kier molecular flexibility index (Phi) is 4.97. The molecule has 16 heavy (non-hydrogen) atoms. The van der Waals surface area contributed by atoms with Crippen molar-refractivity contribution in [3.63, 3.8) is 0 Å². The normalized spacial score (nSPS) is 11.8. The summed E-state index contributed by atoms with van der Waals surface area (Å²) in [6.45, 7) is 9.76. The van der Waals surface area contributed by atoms with Gasteiger partial charge in [-0.1, -0.05) is 45.0 Å². The Bertz CT molecular complexity index is 313. The zero-order valence-electron chi connectivity index (χ0n) is 10.9. The lowest BCUT2D eigenvalue weighted by molar-refractivity contribution is 0.571. The van der Waals surface area contributed by atoms with E-state index in [4.69, 9.17) is 0 Å². The molecule has 0 unspecified atom stereocenters. The van der Waals surface area contributed by atoms with Crippen molar-refractivity contribution in [2.24, 2.45) is 0 Å². The number of hydrogen-bond donors (Lipinski definition) is 2. The Labute approximate surface area is 99.5 Å². The lowest BCUT2D eigenvalue weighted by atomic mass is 9.84. The molecule has 2 N–H and O–H groups in total. The van der Waals surface area contributed by atoms with Gasteiger partial charge in [-0.25, -0.2) is 0 Å². The highest BCUT2D eigenvalue weighted by Crippen LogP contribution is 2.25. The molecule has 0 saturated carbocycles. The van der Waals surface area contributed by atoms with Gasteiger partial charge in [-0.3, -0.25) is 0 Å². The molecule has 0 aliphatic rings. The van der Waals surface area contributed by atoms with Crippen LogP contribution in [0.15, 0.2) is 24.3 Å². The smallest absolute Gasteiger partial charge is 0.0208 e. The molecule has 0 amide bonds. The maximum absolute atomic E-state index is 3.45. The molecule has 1 rings (SSSR count). The SMILES string of the molecule is CNCCNCc1ccccc1C(C)(C)C. The van der Waals surface area contributed by atoms with Crippen LogP contribution in [0.25, 0.3) is 0 Å². The molecule has 0 bridgehead atoms. The van der Waals surface area contributed by atoms with Gasteiger partial charge in [0, 0.05) is 19.6 Å². The van der Waals surface area contributed by atoms with Crippen molar-refractivity contribution in [1.29, 1.82) is 0 Å². The molecule has 1 aromatic carbocycles. The molecular weight excluding hydrogens is 196 g/mol. The summed E-state index contributed by atoms with van der Waals surface area (Å²) in [7, 11) is 1.98. The monoisotopic (exact) mass is 220 g/mol. The molecule has 2 nitrogen and oxygen atoms in total. The summed E-state index contributed by atoms with van der Waals surface area (Å²) < 4.78 is 0. The summed E-state index contributed by atoms with van der Waals surface area (Å²) in [5.41, 5.74) is 3.07. The van der Waals surface area contributed by atoms with Gasteiger partial charge in [0.2, 0.25) is 0 Å². The van der Waals surface area contributed by atoms with Crippen LogP contribution in [-0.4, -0.2) is 20.1 Å². The first-order valence-electron chi connectivity index (χ1n) is 5.99. The zero-order valence-corrected chi connectivity index (χ0v) is 10.9. The second-order valence-electron chi connectivity index (χ2n) is 5.19.